The molecule has 0 bridgehead atoms. The van der Waals surface area contributed by atoms with Gasteiger partial charge in [-0.3, -0.25) is 0 Å². The van der Waals surface area contributed by atoms with Crippen LogP contribution >= 0.6 is 0 Å². The first kappa shape index (κ1) is 20.7. The van der Waals surface area contributed by atoms with Gasteiger partial charge in [0.15, 0.2) is 0 Å². The smallest absolute Gasteiger partial charge is 0.210 e. The van der Waals surface area contributed by atoms with E-state index in [1.807, 2.05) is 0 Å². The van der Waals surface area contributed by atoms with Crippen LogP contribution in [0.15, 0.2) is 54.6 Å². The average Bonchev–Trinajstić information content (AvgIpc) is 3.14. The molecule has 0 saturated heterocycles. The molecule has 0 aliphatic heterocycles. The molecule has 0 spiro atoms. The minimum absolute atomic E-state index is 0.120. The van der Waals surface area contributed by atoms with Crippen molar-refractivity contribution >= 4 is 6.08 Å². The van der Waals surface area contributed by atoms with Gasteiger partial charge in [0.05, 0.1) is 5.92 Å². The second-order valence-electron chi connectivity index (χ2n) is 8.40. The lowest BCUT2D eigenvalue weighted by Crippen LogP contribution is -2.25. The number of hydrogen-bond donors (Lipinski definition) is 0. The maximum atomic E-state index is 6.23. The zero-order valence-corrected chi connectivity index (χ0v) is 17.9. The van der Waals surface area contributed by atoms with Crippen LogP contribution in [0, 0.1) is 11.8 Å². The van der Waals surface area contributed by atoms with E-state index in [1.165, 1.54) is 29.5 Å². The third-order valence-corrected chi connectivity index (χ3v) is 6.08. The van der Waals surface area contributed by atoms with E-state index in [-0.39, 0.29) is 12.2 Å². The molecule has 150 valence electrons. The number of methoxy groups -OCH3 is 1. The maximum absolute atomic E-state index is 6.23. The molecule has 4 atom stereocenters. The van der Waals surface area contributed by atoms with Crippen LogP contribution in [0.5, 0.6) is 5.75 Å². The Morgan fingerprint density at radius 1 is 0.964 bits per heavy atom. The van der Waals surface area contributed by atoms with Gasteiger partial charge in [0.1, 0.15) is 5.75 Å². The summed E-state index contributed by atoms with van der Waals surface area (Å²) in [5.74, 6) is 2.95. The van der Waals surface area contributed by atoms with Gasteiger partial charge in [0.2, 0.25) is 6.29 Å². The monoisotopic (exact) mass is 378 g/mol. The highest BCUT2D eigenvalue weighted by molar-refractivity contribution is 5.62. The summed E-state index contributed by atoms with van der Waals surface area (Å²) >= 11 is 0. The third-order valence-electron chi connectivity index (χ3n) is 6.08. The van der Waals surface area contributed by atoms with E-state index in [9.17, 15) is 0 Å². The molecule has 1 aliphatic carbocycles. The van der Waals surface area contributed by atoms with Crippen LogP contribution in [0.25, 0.3) is 6.08 Å². The van der Waals surface area contributed by atoms with Gasteiger partial charge in [-0.25, -0.2) is 0 Å². The van der Waals surface area contributed by atoms with Crippen molar-refractivity contribution in [1.29, 1.82) is 0 Å². The Bertz CT molecular complexity index is 775. The van der Waals surface area contributed by atoms with Gasteiger partial charge < -0.3 is 9.47 Å². The van der Waals surface area contributed by atoms with Gasteiger partial charge in [-0.15, -0.1) is 0 Å². The van der Waals surface area contributed by atoms with Crippen LogP contribution in [0.4, 0.5) is 0 Å². The van der Waals surface area contributed by atoms with Gasteiger partial charge in [-0.2, -0.15) is 0 Å². The van der Waals surface area contributed by atoms with E-state index in [1.54, 1.807) is 7.11 Å². The summed E-state index contributed by atoms with van der Waals surface area (Å²) in [6, 6.07) is 17.1. The average molecular weight is 379 g/mol. The van der Waals surface area contributed by atoms with Crippen molar-refractivity contribution in [2.45, 2.75) is 58.7 Å². The summed E-state index contributed by atoms with van der Waals surface area (Å²) in [6.45, 7) is 9.27. The molecule has 0 heterocycles. The summed E-state index contributed by atoms with van der Waals surface area (Å²) < 4.78 is 11.9. The second-order valence-corrected chi connectivity index (χ2v) is 8.40. The summed E-state index contributed by atoms with van der Waals surface area (Å²) in [6.07, 6.45) is 6.47. The molecule has 4 unspecified atom stereocenters. The Kier molecular flexibility index (Phi) is 6.96. The Labute approximate surface area is 170 Å². The summed E-state index contributed by atoms with van der Waals surface area (Å²) in [7, 11) is 1.72. The fraction of sp³-hybridized carbons (Fsp3) is 0.462. The first-order valence-corrected chi connectivity index (χ1v) is 10.6. The minimum atomic E-state index is -0.327. The fourth-order valence-electron chi connectivity index (χ4n) is 4.10. The molecule has 1 aliphatic rings. The van der Waals surface area contributed by atoms with Crippen LogP contribution < -0.4 is 4.74 Å². The molecule has 0 fully saturated rings. The molecule has 0 radical (unpaired) electrons. The maximum Gasteiger partial charge on any atom is 0.210 e. The Hall–Kier alpha value is -2.06. The van der Waals surface area contributed by atoms with Crippen LogP contribution in [0.2, 0.25) is 0 Å². The van der Waals surface area contributed by atoms with E-state index < -0.39 is 0 Å². The van der Waals surface area contributed by atoms with Gasteiger partial charge in [0.25, 0.3) is 0 Å². The quantitative estimate of drug-likeness (QED) is 0.436. The van der Waals surface area contributed by atoms with E-state index in [4.69, 9.17) is 9.47 Å². The summed E-state index contributed by atoms with van der Waals surface area (Å²) in [5, 5.41) is 0. The number of rotatable bonds is 9. The molecule has 28 heavy (non-hydrogen) atoms. The zero-order valence-electron chi connectivity index (χ0n) is 17.9. The van der Waals surface area contributed by atoms with Gasteiger partial charge >= 0.3 is 0 Å². The minimum Gasteiger partial charge on any atom is -0.464 e. The number of ether oxygens (including phenoxy) is 2. The van der Waals surface area contributed by atoms with Crippen molar-refractivity contribution in [2.75, 3.05) is 7.11 Å². The van der Waals surface area contributed by atoms with Crippen molar-refractivity contribution in [3.63, 3.8) is 0 Å². The molecule has 2 nitrogen and oxygen atoms in total. The molecule has 2 aromatic carbocycles. The first-order valence-electron chi connectivity index (χ1n) is 10.6. The number of hydrogen-bond acceptors (Lipinski definition) is 2. The lowest BCUT2D eigenvalue weighted by Gasteiger charge is -2.26. The third kappa shape index (κ3) is 4.67. The number of fused-ring (bicyclic) bond motifs is 1. The van der Waals surface area contributed by atoms with E-state index >= 15 is 0 Å². The molecule has 0 saturated carbocycles. The zero-order chi connectivity index (χ0) is 20.1. The number of benzene rings is 2. The Morgan fingerprint density at radius 3 is 2.32 bits per heavy atom. The predicted molar refractivity (Wildman–Crippen MR) is 118 cm³/mol. The first-order chi connectivity index (χ1) is 13.5. The van der Waals surface area contributed by atoms with Crippen LogP contribution in [-0.4, -0.2) is 13.4 Å². The largest absolute Gasteiger partial charge is 0.464 e. The normalized spacial score (nSPS) is 18.7. The van der Waals surface area contributed by atoms with Crippen LogP contribution in [0.3, 0.4) is 0 Å². The second kappa shape index (κ2) is 9.43. The molecular weight excluding hydrogens is 344 g/mol. The van der Waals surface area contributed by atoms with Crippen LogP contribution in [-0.2, 0) is 4.74 Å². The molecule has 0 aromatic heterocycles. The Balaban J connectivity index is 1.72. The van der Waals surface area contributed by atoms with Gasteiger partial charge in [-0.05, 0) is 53.0 Å². The van der Waals surface area contributed by atoms with E-state index in [0.29, 0.717) is 11.8 Å². The molecule has 2 aromatic rings. The summed E-state index contributed by atoms with van der Waals surface area (Å²) in [5.41, 5.74) is 3.92. The highest BCUT2D eigenvalue weighted by Gasteiger charge is 2.27. The molecular formula is C26H34O2. The molecule has 0 amide bonds. The van der Waals surface area contributed by atoms with Crippen molar-refractivity contribution < 1.29 is 9.47 Å². The van der Waals surface area contributed by atoms with Crippen molar-refractivity contribution in [3.05, 3.63) is 71.3 Å². The molecule has 0 N–H and O–H groups in total. The standard InChI is InChI=1S/C26H34O2/c1-6-19(4)17-25(18(2)3)21-11-14-22(15-12-21)28-26(27-5)24-16-13-20-9-7-8-10-23(20)24/h7-16,18-19,24-26H,6,17H2,1-5H3. The lowest BCUT2D eigenvalue weighted by atomic mass is 9.81. The van der Waals surface area contributed by atoms with Gasteiger partial charge in [-0.1, -0.05) is 82.7 Å². The molecule has 3 rings (SSSR count). The highest BCUT2D eigenvalue weighted by Crippen LogP contribution is 2.36. The topological polar surface area (TPSA) is 18.5 Å². The van der Waals surface area contributed by atoms with E-state index in [2.05, 4.69) is 88.4 Å². The van der Waals surface area contributed by atoms with Crippen LogP contribution in [0.1, 0.15) is 69.1 Å². The fourth-order valence-corrected chi connectivity index (χ4v) is 4.10. The SMILES string of the molecule is CCC(C)CC(c1ccc(OC(OC)C2C=Cc3ccccc32)cc1)C(C)C. The predicted octanol–water partition coefficient (Wildman–Crippen LogP) is 7.02. The van der Waals surface area contributed by atoms with Crippen molar-refractivity contribution in [3.8, 4) is 5.75 Å². The van der Waals surface area contributed by atoms with Crippen molar-refractivity contribution in [1.82, 2.24) is 0 Å². The Morgan fingerprint density at radius 2 is 1.68 bits per heavy atom. The summed E-state index contributed by atoms with van der Waals surface area (Å²) in [4.78, 5) is 0. The van der Waals surface area contributed by atoms with Crippen molar-refractivity contribution in [2.24, 2.45) is 11.8 Å². The van der Waals surface area contributed by atoms with Gasteiger partial charge in [0, 0.05) is 7.11 Å². The lowest BCUT2D eigenvalue weighted by molar-refractivity contribution is -0.0617. The highest BCUT2D eigenvalue weighted by atomic mass is 16.7. The van der Waals surface area contributed by atoms with E-state index in [0.717, 1.165) is 11.7 Å². The molecule has 2 heteroatoms.